The first kappa shape index (κ1) is 24.3. The highest BCUT2D eigenvalue weighted by molar-refractivity contribution is 7.80. The molecule has 1 N–H and O–H groups in total. The Morgan fingerprint density at radius 2 is 1.76 bits per heavy atom. The second-order valence-corrected chi connectivity index (χ2v) is 8.81. The molecular weight excluding hydrogens is 494 g/mol. The highest BCUT2D eigenvalue weighted by atomic mass is 32.1. The van der Waals surface area contributed by atoms with Crippen molar-refractivity contribution >= 4 is 46.5 Å². The number of nitrogens with one attached hydrogen (secondary N) is 1. The van der Waals surface area contributed by atoms with Crippen LogP contribution in [0.25, 0.3) is 0 Å². The van der Waals surface area contributed by atoms with Gasteiger partial charge in [0.1, 0.15) is 6.04 Å². The van der Waals surface area contributed by atoms with Crippen LogP contribution in [0.4, 0.5) is 11.4 Å². The summed E-state index contributed by atoms with van der Waals surface area (Å²) in [5, 5.41) is 3.11. The number of esters is 1. The van der Waals surface area contributed by atoms with Crippen LogP contribution in [0.3, 0.4) is 0 Å². The second-order valence-electron chi connectivity index (χ2n) is 8.44. The van der Waals surface area contributed by atoms with E-state index in [0.717, 1.165) is 5.56 Å². The number of anilines is 2. The van der Waals surface area contributed by atoms with Crippen molar-refractivity contribution in [3.05, 3.63) is 83.9 Å². The van der Waals surface area contributed by atoms with Crippen LogP contribution in [0.2, 0.25) is 0 Å². The van der Waals surface area contributed by atoms with E-state index in [0.29, 0.717) is 40.1 Å². The normalized spacial score (nSPS) is 16.2. The molecule has 2 aliphatic heterocycles. The van der Waals surface area contributed by atoms with Crippen LogP contribution >= 0.6 is 12.2 Å². The van der Waals surface area contributed by atoms with Crippen molar-refractivity contribution in [1.82, 2.24) is 4.90 Å². The highest BCUT2D eigenvalue weighted by Crippen LogP contribution is 2.34. The van der Waals surface area contributed by atoms with Crippen molar-refractivity contribution in [2.24, 2.45) is 0 Å². The molecular formula is C27H23N3O6S. The van der Waals surface area contributed by atoms with Gasteiger partial charge in [0.05, 0.1) is 24.8 Å². The Hall–Kier alpha value is -4.44. The Bertz CT molecular complexity index is 1360. The van der Waals surface area contributed by atoms with Crippen LogP contribution < -0.4 is 19.7 Å². The monoisotopic (exact) mass is 517 g/mol. The van der Waals surface area contributed by atoms with E-state index in [1.54, 1.807) is 41.3 Å². The zero-order valence-electron chi connectivity index (χ0n) is 19.9. The summed E-state index contributed by atoms with van der Waals surface area (Å²) in [6, 6.07) is 20.2. The lowest BCUT2D eigenvalue weighted by molar-refractivity contribution is -0.124. The van der Waals surface area contributed by atoms with Gasteiger partial charge >= 0.3 is 5.97 Å². The van der Waals surface area contributed by atoms with E-state index in [9.17, 15) is 14.4 Å². The standard InChI is InChI=1S/C27H23N3O6S/c1-34-26(33)18-8-10-19(11-9-18)28-24(31)14-21-25(32)30(20-5-3-2-4-6-20)27(37)29(21)15-17-7-12-22-23(13-17)36-16-35-22/h2-13,21H,14-16H2,1H3,(H,28,31). The molecule has 5 rings (SSSR count). The first-order valence-electron chi connectivity index (χ1n) is 11.5. The Morgan fingerprint density at radius 1 is 1.03 bits per heavy atom. The van der Waals surface area contributed by atoms with E-state index < -0.39 is 12.0 Å². The summed E-state index contributed by atoms with van der Waals surface area (Å²) < 4.78 is 15.6. The lowest BCUT2D eigenvalue weighted by Gasteiger charge is -2.24. The average molecular weight is 518 g/mol. The molecule has 0 spiro atoms. The number of nitrogens with zero attached hydrogens (tertiary/aromatic N) is 2. The molecule has 0 aliphatic carbocycles. The van der Waals surface area contributed by atoms with Gasteiger partial charge in [0, 0.05) is 12.2 Å². The van der Waals surface area contributed by atoms with Gasteiger partial charge in [0.2, 0.25) is 12.7 Å². The molecule has 188 valence electrons. The van der Waals surface area contributed by atoms with Crippen LogP contribution in [0.1, 0.15) is 22.3 Å². The van der Waals surface area contributed by atoms with Crippen LogP contribution in [0.15, 0.2) is 72.8 Å². The Balaban J connectivity index is 1.37. The molecule has 0 bridgehead atoms. The number of methoxy groups -OCH3 is 1. The lowest BCUT2D eigenvalue weighted by Crippen LogP contribution is -2.37. The van der Waals surface area contributed by atoms with Gasteiger partial charge in [-0.15, -0.1) is 0 Å². The molecule has 1 saturated heterocycles. The van der Waals surface area contributed by atoms with Gasteiger partial charge in [-0.05, 0) is 66.3 Å². The number of thiocarbonyl (C=S) groups is 1. The number of fused-ring (bicyclic) bond motifs is 1. The summed E-state index contributed by atoms with van der Waals surface area (Å²) in [4.78, 5) is 41.4. The van der Waals surface area contributed by atoms with Crippen molar-refractivity contribution in [1.29, 1.82) is 0 Å². The fourth-order valence-corrected chi connectivity index (χ4v) is 4.65. The summed E-state index contributed by atoms with van der Waals surface area (Å²) in [5.74, 6) is 0.163. The van der Waals surface area contributed by atoms with Crippen molar-refractivity contribution < 1.29 is 28.6 Å². The number of hydrogen-bond donors (Lipinski definition) is 1. The Morgan fingerprint density at radius 3 is 2.49 bits per heavy atom. The fourth-order valence-electron chi connectivity index (χ4n) is 4.26. The number of hydrogen-bond acceptors (Lipinski definition) is 7. The minimum absolute atomic E-state index is 0.119. The summed E-state index contributed by atoms with van der Waals surface area (Å²) in [7, 11) is 1.30. The van der Waals surface area contributed by atoms with Crippen molar-refractivity contribution in [2.45, 2.75) is 19.0 Å². The van der Waals surface area contributed by atoms with Gasteiger partial charge in [-0.2, -0.15) is 0 Å². The van der Waals surface area contributed by atoms with Crippen LogP contribution in [0.5, 0.6) is 11.5 Å². The molecule has 1 unspecified atom stereocenters. The fraction of sp³-hybridized carbons (Fsp3) is 0.185. The second kappa shape index (κ2) is 10.3. The van der Waals surface area contributed by atoms with Gasteiger partial charge in [-0.25, -0.2) is 4.79 Å². The Labute approximate surface area is 218 Å². The van der Waals surface area contributed by atoms with E-state index in [1.807, 2.05) is 36.4 Å². The topological polar surface area (TPSA) is 97.4 Å². The predicted octanol–water partition coefficient (Wildman–Crippen LogP) is 3.73. The SMILES string of the molecule is COC(=O)c1ccc(NC(=O)CC2C(=O)N(c3ccccc3)C(=S)N2Cc2ccc3c(c2)OCO3)cc1. The molecule has 1 atom stereocenters. The third kappa shape index (κ3) is 4.96. The smallest absolute Gasteiger partial charge is 0.337 e. The molecule has 0 radical (unpaired) electrons. The maximum Gasteiger partial charge on any atom is 0.337 e. The number of para-hydroxylation sites is 1. The molecule has 2 amide bonds. The van der Waals surface area contributed by atoms with Gasteiger partial charge in [-0.3, -0.25) is 14.5 Å². The quantitative estimate of drug-likeness (QED) is 0.374. The summed E-state index contributed by atoms with van der Waals surface area (Å²) >= 11 is 5.73. The van der Waals surface area contributed by atoms with Crippen LogP contribution in [-0.4, -0.2) is 47.7 Å². The third-order valence-electron chi connectivity index (χ3n) is 6.09. The van der Waals surface area contributed by atoms with Gasteiger partial charge in [-0.1, -0.05) is 24.3 Å². The first-order chi connectivity index (χ1) is 17.9. The summed E-state index contributed by atoms with van der Waals surface area (Å²) in [6.07, 6.45) is -0.119. The lowest BCUT2D eigenvalue weighted by atomic mass is 10.1. The van der Waals surface area contributed by atoms with Crippen LogP contribution in [0, 0.1) is 0 Å². The first-order valence-corrected chi connectivity index (χ1v) is 11.9. The van der Waals surface area contributed by atoms with E-state index >= 15 is 0 Å². The molecule has 3 aromatic carbocycles. The van der Waals surface area contributed by atoms with Crippen molar-refractivity contribution in [2.75, 3.05) is 24.1 Å². The molecule has 9 nitrogen and oxygen atoms in total. The summed E-state index contributed by atoms with van der Waals surface area (Å²) in [5.41, 5.74) is 2.35. The Kier molecular flexibility index (Phi) is 6.74. The number of carbonyl (C=O) groups is 3. The zero-order valence-corrected chi connectivity index (χ0v) is 20.7. The number of amides is 2. The molecule has 37 heavy (non-hydrogen) atoms. The van der Waals surface area contributed by atoms with Gasteiger partial charge in [0.15, 0.2) is 16.6 Å². The van der Waals surface area contributed by atoms with Gasteiger partial charge in [0.25, 0.3) is 5.91 Å². The molecule has 3 aromatic rings. The number of benzene rings is 3. The van der Waals surface area contributed by atoms with E-state index in [1.165, 1.54) is 12.0 Å². The van der Waals surface area contributed by atoms with E-state index in [2.05, 4.69) is 5.32 Å². The molecule has 0 aromatic heterocycles. The van der Waals surface area contributed by atoms with Crippen molar-refractivity contribution in [3.63, 3.8) is 0 Å². The highest BCUT2D eigenvalue weighted by Gasteiger charge is 2.44. The largest absolute Gasteiger partial charge is 0.465 e. The summed E-state index contributed by atoms with van der Waals surface area (Å²) in [6.45, 7) is 0.459. The number of rotatable bonds is 7. The molecule has 10 heteroatoms. The molecule has 1 fully saturated rings. The molecule has 0 saturated carbocycles. The third-order valence-corrected chi connectivity index (χ3v) is 6.51. The maximum absolute atomic E-state index is 13.6. The molecule has 2 aliphatic rings. The van der Waals surface area contributed by atoms with Gasteiger partial charge < -0.3 is 24.4 Å². The minimum Gasteiger partial charge on any atom is -0.465 e. The predicted molar refractivity (Wildman–Crippen MR) is 139 cm³/mol. The number of carbonyl (C=O) groups excluding carboxylic acids is 3. The minimum atomic E-state index is -0.813. The molecule has 2 heterocycles. The number of ether oxygens (including phenoxy) is 3. The van der Waals surface area contributed by atoms with E-state index in [4.69, 9.17) is 26.4 Å². The van der Waals surface area contributed by atoms with Crippen LogP contribution in [-0.2, 0) is 20.9 Å². The van der Waals surface area contributed by atoms with Crippen molar-refractivity contribution in [3.8, 4) is 11.5 Å². The maximum atomic E-state index is 13.6. The zero-order chi connectivity index (χ0) is 25.9. The van der Waals surface area contributed by atoms with E-state index in [-0.39, 0.29) is 25.0 Å². The average Bonchev–Trinajstić information content (AvgIpc) is 3.47.